The lowest BCUT2D eigenvalue weighted by atomic mass is 9.97. The Balaban J connectivity index is 1.77. The third-order valence-corrected chi connectivity index (χ3v) is 4.88. The van der Waals surface area contributed by atoms with Crippen molar-refractivity contribution in [3.05, 3.63) is 101 Å². The van der Waals surface area contributed by atoms with Gasteiger partial charge in [0.25, 0.3) is 0 Å². The number of esters is 1. The SMILES string of the molecule is CC#Cc1ccc(/C(=C\COc2ccc(OCC(=O)OC)c(C)c2)c2ccc(F)cc2)cc1. The Kier molecular flexibility index (Phi) is 8.26. The van der Waals surface area contributed by atoms with E-state index in [0.29, 0.717) is 18.1 Å². The van der Waals surface area contributed by atoms with Crippen LogP contribution in [-0.4, -0.2) is 26.3 Å². The van der Waals surface area contributed by atoms with E-state index in [2.05, 4.69) is 16.6 Å². The van der Waals surface area contributed by atoms with E-state index in [1.165, 1.54) is 19.2 Å². The van der Waals surface area contributed by atoms with Crippen LogP contribution in [0.25, 0.3) is 5.57 Å². The highest BCUT2D eigenvalue weighted by molar-refractivity contribution is 5.80. The zero-order valence-corrected chi connectivity index (χ0v) is 18.9. The van der Waals surface area contributed by atoms with E-state index < -0.39 is 5.97 Å². The second-order valence-corrected chi connectivity index (χ2v) is 7.18. The van der Waals surface area contributed by atoms with Crippen molar-refractivity contribution < 1.29 is 23.4 Å². The predicted molar refractivity (Wildman–Crippen MR) is 127 cm³/mol. The summed E-state index contributed by atoms with van der Waals surface area (Å²) >= 11 is 0. The van der Waals surface area contributed by atoms with Crippen LogP contribution in [0.3, 0.4) is 0 Å². The number of halogens is 1. The summed E-state index contributed by atoms with van der Waals surface area (Å²) in [6.45, 7) is 3.84. The molecule has 0 saturated carbocycles. The van der Waals surface area contributed by atoms with E-state index in [0.717, 1.165) is 27.8 Å². The monoisotopic (exact) mass is 444 g/mol. The molecule has 0 aliphatic rings. The van der Waals surface area contributed by atoms with Crippen molar-refractivity contribution in [3.8, 4) is 23.3 Å². The molecule has 0 unspecified atom stereocenters. The van der Waals surface area contributed by atoms with Gasteiger partial charge in [0, 0.05) is 5.56 Å². The van der Waals surface area contributed by atoms with Gasteiger partial charge in [0.05, 0.1) is 7.11 Å². The van der Waals surface area contributed by atoms with Crippen molar-refractivity contribution in [2.75, 3.05) is 20.3 Å². The van der Waals surface area contributed by atoms with Crippen LogP contribution in [-0.2, 0) is 9.53 Å². The molecular formula is C28H25FO4. The van der Waals surface area contributed by atoms with E-state index in [9.17, 15) is 9.18 Å². The van der Waals surface area contributed by atoms with Gasteiger partial charge in [-0.25, -0.2) is 9.18 Å². The molecule has 168 valence electrons. The maximum atomic E-state index is 13.5. The first kappa shape index (κ1) is 23.6. The van der Waals surface area contributed by atoms with Gasteiger partial charge in [-0.05, 0) is 84.7 Å². The van der Waals surface area contributed by atoms with Gasteiger partial charge in [-0.2, -0.15) is 0 Å². The highest BCUT2D eigenvalue weighted by atomic mass is 19.1. The molecule has 0 spiro atoms. The summed E-state index contributed by atoms with van der Waals surface area (Å²) < 4.78 is 29.4. The lowest BCUT2D eigenvalue weighted by molar-refractivity contribution is -0.142. The van der Waals surface area contributed by atoms with Crippen molar-refractivity contribution in [2.45, 2.75) is 13.8 Å². The summed E-state index contributed by atoms with van der Waals surface area (Å²) in [5.41, 5.74) is 4.57. The number of hydrogen-bond acceptors (Lipinski definition) is 4. The van der Waals surface area contributed by atoms with E-state index >= 15 is 0 Å². The molecule has 0 amide bonds. The maximum absolute atomic E-state index is 13.5. The topological polar surface area (TPSA) is 44.8 Å². The molecule has 0 aliphatic carbocycles. The summed E-state index contributed by atoms with van der Waals surface area (Å²) in [6, 6.07) is 19.7. The third-order valence-electron chi connectivity index (χ3n) is 4.88. The molecule has 0 bridgehead atoms. The summed E-state index contributed by atoms with van der Waals surface area (Å²) in [7, 11) is 1.32. The third kappa shape index (κ3) is 6.72. The first-order chi connectivity index (χ1) is 16.0. The van der Waals surface area contributed by atoms with Gasteiger partial charge in [-0.1, -0.05) is 30.2 Å². The van der Waals surface area contributed by atoms with Gasteiger partial charge in [-0.15, -0.1) is 5.92 Å². The minimum atomic E-state index is -0.442. The smallest absolute Gasteiger partial charge is 0.343 e. The van der Waals surface area contributed by atoms with Crippen LogP contribution < -0.4 is 9.47 Å². The van der Waals surface area contributed by atoms with Crippen LogP contribution in [0.4, 0.5) is 4.39 Å². The van der Waals surface area contributed by atoms with Gasteiger partial charge in [0.1, 0.15) is 23.9 Å². The minimum Gasteiger partial charge on any atom is -0.489 e. The van der Waals surface area contributed by atoms with Crippen LogP contribution in [0.15, 0.2) is 72.8 Å². The minimum absolute atomic E-state index is 0.149. The number of methoxy groups -OCH3 is 1. The van der Waals surface area contributed by atoms with E-state index in [-0.39, 0.29) is 12.4 Å². The molecule has 0 N–H and O–H groups in total. The Hall–Kier alpha value is -4.04. The molecule has 0 aliphatic heterocycles. The Morgan fingerprint density at radius 1 is 0.970 bits per heavy atom. The fourth-order valence-corrected chi connectivity index (χ4v) is 3.20. The van der Waals surface area contributed by atoms with Crippen molar-refractivity contribution in [2.24, 2.45) is 0 Å². The summed E-state index contributed by atoms with van der Waals surface area (Å²) in [4.78, 5) is 11.3. The van der Waals surface area contributed by atoms with E-state index in [1.54, 1.807) is 31.2 Å². The molecule has 0 saturated heterocycles. The van der Waals surface area contributed by atoms with Crippen LogP contribution >= 0.6 is 0 Å². The van der Waals surface area contributed by atoms with Gasteiger partial charge >= 0.3 is 5.97 Å². The Labute approximate surface area is 193 Å². The number of ether oxygens (including phenoxy) is 3. The number of benzene rings is 3. The second kappa shape index (κ2) is 11.5. The normalized spacial score (nSPS) is 10.7. The first-order valence-electron chi connectivity index (χ1n) is 10.4. The number of carbonyl (C=O) groups excluding carboxylic acids is 1. The van der Waals surface area contributed by atoms with Gasteiger partial charge in [-0.3, -0.25) is 0 Å². The molecule has 0 radical (unpaired) electrons. The molecule has 0 aromatic heterocycles. The maximum Gasteiger partial charge on any atom is 0.343 e. The van der Waals surface area contributed by atoms with E-state index in [4.69, 9.17) is 9.47 Å². The van der Waals surface area contributed by atoms with Crippen LogP contribution in [0, 0.1) is 24.6 Å². The first-order valence-corrected chi connectivity index (χ1v) is 10.4. The number of aryl methyl sites for hydroxylation is 1. The second-order valence-electron chi connectivity index (χ2n) is 7.18. The lowest BCUT2D eigenvalue weighted by Crippen LogP contribution is -2.13. The zero-order chi connectivity index (χ0) is 23.6. The summed E-state index contributed by atoms with van der Waals surface area (Å²) in [5, 5.41) is 0. The summed E-state index contributed by atoms with van der Waals surface area (Å²) in [6.07, 6.45) is 1.96. The Morgan fingerprint density at radius 3 is 2.24 bits per heavy atom. The van der Waals surface area contributed by atoms with E-state index in [1.807, 2.05) is 43.3 Å². The van der Waals surface area contributed by atoms with Gasteiger partial charge < -0.3 is 14.2 Å². The van der Waals surface area contributed by atoms with Crippen LogP contribution in [0.1, 0.15) is 29.2 Å². The largest absolute Gasteiger partial charge is 0.489 e. The number of carbonyl (C=O) groups is 1. The van der Waals surface area contributed by atoms with Crippen molar-refractivity contribution >= 4 is 11.5 Å². The molecular weight excluding hydrogens is 419 g/mol. The Bertz CT molecular complexity index is 1180. The molecule has 33 heavy (non-hydrogen) atoms. The zero-order valence-electron chi connectivity index (χ0n) is 18.9. The predicted octanol–water partition coefficient (Wildman–Crippen LogP) is 5.57. The quantitative estimate of drug-likeness (QED) is 0.337. The van der Waals surface area contributed by atoms with Crippen LogP contribution in [0.5, 0.6) is 11.5 Å². The molecule has 3 aromatic rings. The van der Waals surface area contributed by atoms with Gasteiger partial charge in [0.2, 0.25) is 0 Å². The molecule has 4 nitrogen and oxygen atoms in total. The standard InChI is InChI=1S/C28H25FO4/c1-4-5-21-6-8-22(9-7-21)26(23-10-12-24(29)13-11-23)16-17-32-25-14-15-27(20(2)18-25)33-19-28(30)31-3/h6-16,18H,17,19H2,1-3H3/b26-16+. The van der Waals surface area contributed by atoms with Crippen molar-refractivity contribution in [3.63, 3.8) is 0 Å². The Morgan fingerprint density at radius 2 is 1.64 bits per heavy atom. The molecule has 3 rings (SSSR count). The van der Waals surface area contributed by atoms with Gasteiger partial charge in [0.15, 0.2) is 6.61 Å². The number of rotatable bonds is 8. The molecule has 0 heterocycles. The van der Waals surface area contributed by atoms with Crippen molar-refractivity contribution in [1.29, 1.82) is 0 Å². The molecule has 0 atom stereocenters. The molecule has 5 heteroatoms. The van der Waals surface area contributed by atoms with Crippen LogP contribution in [0.2, 0.25) is 0 Å². The highest BCUT2D eigenvalue weighted by Gasteiger charge is 2.08. The average Bonchev–Trinajstić information content (AvgIpc) is 2.83. The lowest BCUT2D eigenvalue weighted by Gasteiger charge is -2.12. The average molecular weight is 445 g/mol. The highest BCUT2D eigenvalue weighted by Crippen LogP contribution is 2.26. The molecule has 3 aromatic carbocycles. The molecule has 0 fully saturated rings. The van der Waals surface area contributed by atoms with Crippen molar-refractivity contribution in [1.82, 2.24) is 0 Å². The summed E-state index contributed by atoms with van der Waals surface area (Å²) in [5.74, 6) is 6.45. The fraction of sp³-hybridized carbons (Fsp3) is 0.179. The fourth-order valence-electron chi connectivity index (χ4n) is 3.20. The number of hydrogen-bond donors (Lipinski definition) is 0.